The standard InChI is InChI=1S/C9H10N2O3S/c1-9(2)5(8(13)14)11-6(12)4(10-3)7(11)15-9/h4-5,7H,1-2H3,(H,13,14)/t4?,5-,7+/m0/s1. The van der Waals surface area contributed by atoms with Crippen molar-refractivity contribution in [2.24, 2.45) is 0 Å². The largest absolute Gasteiger partial charge is 0.480 e. The van der Waals surface area contributed by atoms with Crippen LogP contribution in [0.2, 0.25) is 0 Å². The second kappa shape index (κ2) is 2.89. The van der Waals surface area contributed by atoms with E-state index >= 15 is 0 Å². The summed E-state index contributed by atoms with van der Waals surface area (Å²) in [4.78, 5) is 27.1. The monoisotopic (exact) mass is 226 g/mol. The molecule has 5 nitrogen and oxygen atoms in total. The molecule has 2 aliphatic rings. The third-order valence-electron chi connectivity index (χ3n) is 2.79. The van der Waals surface area contributed by atoms with Crippen LogP contribution in [0.4, 0.5) is 0 Å². The van der Waals surface area contributed by atoms with Crippen molar-refractivity contribution in [3.05, 3.63) is 11.4 Å². The Labute approximate surface area is 91.2 Å². The van der Waals surface area contributed by atoms with E-state index in [-0.39, 0.29) is 11.3 Å². The molecule has 1 N–H and O–H groups in total. The van der Waals surface area contributed by atoms with Crippen molar-refractivity contribution in [2.75, 3.05) is 0 Å². The molecule has 2 heterocycles. The van der Waals surface area contributed by atoms with Crippen LogP contribution in [-0.2, 0) is 9.59 Å². The Balaban J connectivity index is 2.33. The molecule has 0 aliphatic carbocycles. The van der Waals surface area contributed by atoms with Crippen LogP contribution >= 0.6 is 11.8 Å². The second-order valence-electron chi connectivity index (χ2n) is 4.17. The topological polar surface area (TPSA) is 62.0 Å². The van der Waals surface area contributed by atoms with E-state index in [0.29, 0.717) is 0 Å². The molecule has 0 aromatic carbocycles. The average Bonchev–Trinajstić information content (AvgIpc) is 2.35. The van der Waals surface area contributed by atoms with Crippen molar-refractivity contribution in [3.63, 3.8) is 0 Å². The van der Waals surface area contributed by atoms with Crippen LogP contribution in [0, 0.1) is 6.57 Å². The molecule has 0 spiro atoms. The van der Waals surface area contributed by atoms with Crippen LogP contribution in [-0.4, -0.2) is 44.1 Å². The zero-order valence-electron chi connectivity index (χ0n) is 8.30. The Hall–Kier alpha value is -1.22. The minimum absolute atomic E-state index is 0.272. The number of carboxylic acids is 1. The van der Waals surface area contributed by atoms with E-state index in [0.717, 1.165) is 0 Å². The Morgan fingerprint density at radius 2 is 2.27 bits per heavy atom. The van der Waals surface area contributed by atoms with Gasteiger partial charge in [0.2, 0.25) is 0 Å². The number of carbonyl (C=O) groups is 2. The van der Waals surface area contributed by atoms with E-state index in [1.165, 1.54) is 16.7 Å². The van der Waals surface area contributed by atoms with E-state index in [1.54, 1.807) is 13.8 Å². The Bertz CT molecular complexity index is 387. The van der Waals surface area contributed by atoms with Gasteiger partial charge in [0.15, 0.2) is 5.37 Å². The summed E-state index contributed by atoms with van der Waals surface area (Å²) in [5, 5.41) is 8.79. The highest BCUT2D eigenvalue weighted by Crippen LogP contribution is 2.51. The molecule has 15 heavy (non-hydrogen) atoms. The quantitative estimate of drug-likeness (QED) is 0.520. The predicted octanol–water partition coefficient (Wildman–Crippen LogP) is 0.421. The van der Waals surface area contributed by atoms with Gasteiger partial charge in [0.05, 0.1) is 0 Å². The lowest BCUT2D eigenvalue weighted by Crippen LogP contribution is -2.64. The molecule has 0 saturated carbocycles. The number of rotatable bonds is 1. The van der Waals surface area contributed by atoms with Crippen LogP contribution < -0.4 is 0 Å². The molecular formula is C9H10N2O3S. The fraction of sp³-hybridized carbons (Fsp3) is 0.667. The molecule has 2 rings (SSSR count). The predicted molar refractivity (Wildman–Crippen MR) is 54.1 cm³/mol. The zero-order valence-corrected chi connectivity index (χ0v) is 9.11. The number of thioether (sulfide) groups is 1. The molecular weight excluding hydrogens is 216 g/mol. The molecule has 2 fully saturated rings. The number of fused-ring (bicyclic) bond motifs is 1. The number of nitrogens with zero attached hydrogens (tertiary/aromatic N) is 2. The molecule has 2 aliphatic heterocycles. The Kier molecular flexibility index (Phi) is 1.98. The number of hydrogen-bond donors (Lipinski definition) is 1. The fourth-order valence-corrected chi connectivity index (χ4v) is 3.72. The highest BCUT2D eigenvalue weighted by Gasteiger charge is 2.67. The third kappa shape index (κ3) is 1.16. The van der Waals surface area contributed by atoms with E-state index in [9.17, 15) is 9.59 Å². The van der Waals surface area contributed by atoms with Gasteiger partial charge >= 0.3 is 17.9 Å². The van der Waals surface area contributed by atoms with Crippen molar-refractivity contribution in [1.29, 1.82) is 0 Å². The first-order valence-electron chi connectivity index (χ1n) is 4.49. The summed E-state index contributed by atoms with van der Waals surface area (Å²) >= 11 is 1.40. The van der Waals surface area contributed by atoms with E-state index in [1.807, 2.05) is 0 Å². The van der Waals surface area contributed by atoms with Crippen LogP contribution in [0.15, 0.2) is 0 Å². The highest BCUT2D eigenvalue weighted by atomic mass is 32.2. The van der Waals surface area contributed by atoms with Crippen LogP contribution in [0.3, 0.4) is 0 Å². The minimum Gasteiger partial charge on any atom is -0.480 e. The lowest BCUT2D eigenvalue weighted by atomic mass is 9.96. The SMILES string of the molecule is [C-]#[N+]C1C(=O)N2[C@@H]1SC(C)(C)[C@@H]2C(=O)O. The first-order valence-corrected chi connectivity index (χ1v) is 5.37. The summed E-state index contributed by atoms with van der Waals surface area (Å²) in [6, 6.07) is -1.49. The summed E-state index contributed by atoms with van der Waals surface area (Å²) in [7, 11) is 0. The third-order valence-corrected chi connectivity index (χ3v) is 4.34. The summed E-state index contributed by atoms with van der Waals surface area (Å²) in [5.41, 5.74) is 0. The first-order chi connectivity index (χ1) is 6.90. The van der Waals surface area contributed by atoms with Gasteiger partial charge in [-0.05, 0) is 13.8 Å². The van der Waals surface area contributed by atoms with E-state index in [4.69, 9.17) is 11.7 Å². The van der Waals surface area contributed by atoms with Gasteiger partial charge < -0.3 is 10.0 Å². The molecule has 0 aromatic rings. The summed E-state index contributed by atoms with van der Waals surface area (Å²) in [5.74, 6) is -1.34. The first kappa shape index (κ1) is 10.3. The number of β-lactam (4-membered cyclic amide) rings is 1. The van der Waals surface area contributed by atoms with Crippen LogP contribution in [0.1, 0.15) is 13.8 Å². The molecule has 0 radical (unpaired) electrons. The summed E-state index contributed by atoms with van der Waals surface area (Å²) in [6.07, 6.45) is 0. The number of carbonyl (C=O) groups excluding carboxylic acids is 1. The van der Waals surface area contributed by atoms with Gasteiger partial charge in [-0.2, -0.15) is 0 Å². The summed E-state index contributed by atoms with van der Waals surface area (Å²) in [6.45, 7) is 10.5. The molecule has 3 atom stereocenters. The van der Waals surface area contributed by atoms with Gasteiger partial charge in [-0.1, -0.05) is 0 Å². The number of amides is 1. The number of carboxylic acid groups (broad SMARTS) is 1. The van der Waals surface area contributed by atoms with E-state index < -0.39 is 22.8 Å². The Morgan fingerprint density at radius 1 is 1.67 bits per heavy atom. The maximum atomic E-state index is 11.5. The van der Waals surface area contributed by atoms with Crippen molar-refractivity contribution in [1.82, 2.24) is 4.90 Å². The average molecular weight is 226 g/mol. The molecule has 2 saturated heterocycles. The highest BCUT2D eigenvalue weighted by molar-refractivity contribution is 8.01. The zero-order chi connectivity index (χ0) is 11.4. The van der Waals surface area contributed by atoms with Crippen LogP contribution in [0.25, 0.3) is 4.85 Å². The minimum atomic E-state index is -0.994. The molecule has 0 aromatic heterocycles. The van der Waals surface area contributed by atoms with Gasteiger partial charge in [0.1, 0.15) is 6.04 Å². The van der Waals surface area contributed by atoms with Crippen molar-refractivity contribution >= 4 is 23.6 Å². The van der Waals surface area contributed by atoms with Crippen LogP contribution in [0.5, 0.6) is 0 Å². The number of hydrogen-bond acceptors (Lipinski definition) is 3. The molecule has 80 valence electrons. The fourth-order valence-electron chi connectivity index (χ4n) is 2.11. The molecule has 1 amide bonds. The molecule has 0 bridgehead atoms. The lowest BCUT2D eigenvalue weighted by Gasteiger charge is -2.36. The van der Waals surface area contributed by atoms with Gasteiger partial charge in [-0.15, -0.1) is 11.8 Å². The molecule has 1 unspecified atom stereocenters. The number of aliphatic carboxylic acids is 1. The molecule has 6 heteroatoms. The maximum Gasteiger partial charge on any atom is 0.329 e. The Morgan fingerprint density at radius 3 is 2.73 bits per heavy atom. The van der Waals surface area contributed by atoms with Gasteiger partial charge in [0, 0.05) is 4.75 Å². The van der Waals surface area contributed by atoms with Gasteiger partial charge in [-0.3, -0.25) is 9.64 Å². The van der Waals surface area contributed by atoms with E-state index in [2.05, 4.69) is 4.85 Å². The maximum absolute atomic E-state index is 11.5. The van der Waals surface area contributed by atoms with Crippen molar-refractivity contribution < 1.29 is 14.7 Å². The second-order valence-corrected chi connectivity index (χ2v) is 5.94. The summed E-state index contributed by atoms with van der Waals surface area (Å²) < 4.78 is -0.522. The van der Waals surface area contributed by atoms with Crippen molar-refractivity contribution in [3.8, 4) is 0 Å². The van der Waals surface area contributed by atoms with Gasteiger partial charge in [-0.25, -0.2) is 11.4 Å². The lowest BCUT2D eigenvalue weighted by molar-refractivity contribution is -0.157. The smallest absolute Gasteiger partial charge is 0.329 e. The van der Waals surface area contributed by atoms with Crippen molar-refractivity contribution in [2.45, 2.75) is 36.1 Å². The normalized spacial score (nSPS) is 36.7. The van der Waals surface area contributed by atoms with Gasteiger partial charge in [0.25, 0.3) is 0 Å².